The van der Waals surface area contributed by atoms with E-state index in [4.69, 9.17) is 4.74 Å². The molecule has 2 heteroatoms. The average Bonchev–Trinajstić information content (AvgIpc) is 2.73. The summed E-state index contributed by atoms with van der Waals surface area (Å²) in [5.74, 6) is 8.37. The van der Waals surface area contributed by atoms with Crippen LogP contribution >= 0.6 is 0 Å². The van der Waals surface area contributed by atoms with Gasteiger partial charge in [-0.3, -0.25) is 0 Å². The van der Waals surface area contributed by atoms with Crippen LogP contribution in [0.5, 0.6) is 0 Å². The molecule has 2 aliphatic carbocycles. The van der Waals surface area contributed by atoms with Crippen LogP contribution in [-0.4, -0.2) is 22.9 Å². The Bertz CT molecular complexity index is 331. The van der Waals surface area contributed by atoms with Gasteiger partial charge in [0, 0.05) is 6.42 Å². The van der Waals surface area contributed by atoms with Gasteiger partial charge in [-0.05, 0) is 44.4 Å². The molecular weight excluding hydrogens is 188 g/mol. The van der Waals surface area contributed by atoms with Crippen molar-refractivity contribution in [3.8, 4) is 11.8 Å². The Balaban J connectivity index is 1.59. The molecular formula is C13H18O2. The van der Waals surface area contributed by atoms with Crippen LogP contribution in [0.3, 0.4) is 0 Å². The minimum absolute atomic E-state index is 0.581. The lowest BCUT2D eigenvalue weighted by molar-refractivity contribution is 0.143. The van der Waals surface area contributed by atoms with Gasteiger partial charge in [0.05, 0.1) is 12.2 Å². The lowest BCUT2D eigenvalue weighted by atomic mass is 9.86. The SMILES string of the molecule is CC(C)(O)C#CCC1CC2CC1C1OC21. The number of hydrogen-bond acceptors (Lipinski definition) is 2. The molecule has 0 radical (unpaired) electrons. The molecule has 0 aromatic rings. The number of rotatable bonds is 1. The first kappa shape index (κ1) is 9.69. The summed E-state index contributed by atoms with van der Waals surface area (Å²) in [5.41, 5.74) is -0.837. The Kier molecular flexibility index (Phi) is 1.93. The van der Waals surface area contributed by atoms with Crippen LogP contribution in [-0.2, 0) is 4.74 Å². The molecule has 1 aliphatic heterocycles. The molecule has 15 heavy (non-hydrogen) atoms. The highest BCUT2D eigenvalue weighted by Gasteiger charge is 2.62. The van der Waals surface area contributed by atoms with E-state index in [9.17, 15) is 5.11 Å². The summed E-state index contributed by atoms with van der Waals surface area (Å²) in [6, 6.07) is 0. The van der Waals surface area contributed by atoms with E-state index in [1.54, 1.807) is 13.8 Å². The maximum atomic E-state index is 9.49. The highest BCUT2D eigenvalue weighted by molar-refractivity contribution is 5.15. The molecule has 2 saturated carbocycles. The molecule has 1 heterocycles. The molecule has 1 saturated heterocycles. The normalized spacial score (nSPS) is 45.9. The van der Waals surface area contributed by atoms with Crippen LogP contribution in [0.25, 0.3) is 0 Å². The van der Waals surface area contributed by atoms with Gasteiger partial charge in [0.15, 0.2) is 0 Å². The van der Waals surface area contributed by atoms with E-state index < -0.39 is 5.60 Å². The van der Waals surface area contributed by atoms with E-state index in [-0.39, 0.29) is 0 Å². The van der Waals surface area contributed by atoms with Crippen molar-refractivity contribution in [2.75, 3.05) is 0 Å². The minimum Gasteiger partial charge on any atom is -0.378 e. The second kappa shape index (κ2) is 2.99. The highest BCUT2D eigenvalue weighted by Crippen LogP contribution is 2.59. The van der Waals surface area contributed by atoms with Crippen LogP contribution in [0.2, 0.25) is 0 Å². The molecule has 0 aromatic heterocycles. The van der Waals surface area contributed by atoms with E-state index in [1.165, 1.54) is 12.8 Å². The van der Waals surface area contributed by atoms with Gasteiger partial charge in [-0.15, -0.1) is 0 Å². The fraction of sp³-hybridized carbons (Fsp3) is 0.846. The Morgan fingerprint density at radius 1 is 1.33 bits per heavy atom. The lowest BCUT2D eigenvalue weighted by Gasteiger charge is -2.16. The van der Waals surface area contributed by atoms with Crippen LogP contribution in [0.1, 0.15) is 33.1 Å². The maximum absolute atomic E-state index is 9.49. The van der Waals surface area contributed by atoms with Crippen LogP contribution in [0.15, 0.2) is 0 Å². The van der Waals surface area contributed by atoms with Gasteiger partial charge < -0.3 is 9.84 Å². The monoisotopic (exact) mass is 206 g/mol. The van der Waals surface area contributed by atoms with Gasteiger partial charge in [0.2, 0.25) is 0 Å². The molecule has 82 valence electrons. The summed E-state index contributed by atoms with van der Waals surface area (Å²) in [5, 5.41) is 9.49. The smallest absolute Gasteiger partial charge is 0.119 e. The summed E-state index contributed by atoms with van der Waals surface area (Å²) < 4.78 is 5.62. The number of ether oxygens (including phenoxy) is 1. The zero-order chi connectivity index (χ0) is 10.6. The van der Waals surface area contributed by atoms with Crippen molar-refractivity contribution in [1.29, 1.82) is 0 Å². The molecule has 1 N–H and O–H groups in total. The molecule has 0 spiro atoms. The van der Waals surface area contributed by atoms with Crippen molar-refractivity contribution in [3.05, 3.63) is 0 Å². The largest absolute Gasteiger partial charge is 0.378 e. The zero-order valence-electron chi connectivity index (χ0n) is 9.36. The summed E-state index contributed by atoms with van der Waals surface area (Å²) in [6.45, 7) is 3.47. The molecule has 3 fully saturated rings. The number of fused-ring (bicyclic) bond motifs is 5. The molecule has 0 aromatic carbocycles. The number of hydrogen-bond donors (Lipinski definition) is 1. The molecule has 2 bridgehead atoms. The summed E-state index contributed by atoms with van der Waals surface area (Å²) in [7, 11) is 0. The first-order valence-corrected chi connectivity index (χ1v) is 5.92. The van der Waals surface area contributed by atoms with E-state index in [0.29, 0.717) is 12.2 Å². The maximum Gasteiger partial charge on any atom is 0.119 e. The zero-order valence-corrected chi connectivity index (χ0v) is 9.36. The van der Waals surface area contributed by atoms with Gasteiger partial charge in [-0.25, -0.2) is 0 Å². The predicted molar refractivity (Wildman–Crippen MR) is 57.1 cm³/mol. The third-order valence-electron chi connectivity index (χ3n) is 3.99. The Labute approximate surface area is 91.0 Å². The third kappa shape index (κ3) is 1.68. The second-order valence-electron chi connectivity index (χ2n) is 5.79. The van der Waals surface area contributed by atoms with Crippen molar-refractivity contribution in [3.63, 3.8) is 0 Å². The van der Waals surface area contributed by atoms with Crippen molar-refractivity contribution in [2.24, 2.45) is 17.8 Å². The minimum atomic E-state index is -0.837. The molecule has 5 atom stereocenters. The van der Waals surface area contributed by atoms with Crippen molar-refractivity contribution in [1.82, 2.24) is 0 Å². The van der Waals surface area contributed by atoms with Crippen molar-refractivity contribution >= 4 is 0 Å². The summed E-state index contributed by atoms with van der Waals surface area (Å²) in [4.78, 5) is 0. The number of epoxide rings is 1. The van der Waals surface area contributed by atoms with E-state index in [2.05, 4.69) is 11.8 Å². The third-order valence-corrected chi connectivity index (χ3v) is 3.99. The topological polar surface area (TPSA) is 32.8 Å². The van der Waals surface area contributed by atoms with E-state index >= 15 is 0 Å². The van der Waals surface area contributed by atoms with Crippen LogP contribution in [0, 0.1) is 29.6 Å². The molecule has 2 nitrogen and oxygen atoms in total. The Hall–Kier alpha value is -0.520. The van der Waals surface area contributed by atoms with Crippen LogP contribution in [0.4, 0.5) is 0 Å². The van der Waals surface area contributed by atoms with Gasteiger partial charge in [-0.1, -0.05) is 11.8 Å². The van der Waals surface area contributed by atoms with Gasteiger partial charge in [0.25, 0.3) is 0 Å². The van der Waals surface area contributed by atoms with Gasteiger partial charge in [0.1, 0.15) is 5.60 Å². The lowest BCUT2D eigenvalue weighted by Crippen LogP contribution is -2.18. The highest BCUT2D eigenvalue weighted by atomic mass is 16.6. The summed E-state index contributed by atoms with van der Waals surface area (Å²) >= 11 is 0. The second-order valence-corrected chi connectivity index (χ2v) is 5.79. The fourth-order valence-corrected chi connectivity index (χ4v) is 3.37. The molecule has 3 aliphatic rings. The first-order valence-electron chi connectivity index (χ1n) is 5.92. The van der Waals surface area contributed by atoms with Gasteiger partial charge in [-0.2, -0.15) is 0 Å². The number of aliphatic hydroxyl groups is 1. The van der Waals surface area contributed by atoms with E-state index in [1.807, 2.05) is 0 Å². The molecule has 5 unspecified atom stereocenters. The van der Waals surface area contributed by atoms with Crippen LogP contribution < -0.4 is 0 Å². The average molecular weight is 206 g/mol. The predicted octanol–water partition coefficient (Wildman–Crippen LogP) is 1.57. The molecule has 3 rings (SSSR count). The Morgan fingerprint density at radius 2 is 2.13 bits per heavy atom. The molecule has 0 amide bonds. The van der Waals surface area contributed by atoms with Gasteiger partial charge >= 0.3 is 0 Å². The quantitative estimate of drug-likeness (QED) is 0.522. The van der Waals surface area contributed by atoms with E-state index in [0.717, 1.165) is 24.2 Å². The van der Waals surface area contributed by atoms with Crippen molar-refractivity contribution in [2.45, 2.75) is 50.9 Å². The summed E-state index contributed by atoms with van der Waals surface area (Å²) in [6.07, 6.45) is 4.81. The van der Waals surface area contributed by atoms with Crippen molar-refractivity contribution < 1.29 is 9.84 Å². The fourth-order valence-electron chi connectivity index (χ4n) is 3.37. The first-order chi connectivity index (χ1) is 7.04. The standard InChI is InChI=1S/C13H18O2/c1-13(2,14)5-3-4-8-6-9-7-10(8)12-11(9)15-12/h8-12,14H,4,6-7H2,1-2H3. The Morgan fingerprint density at radius 3 is 2.73 bits per heavy atom.